The molecular formula is C27H24BrNO5. The lowest BCUT2D eigenvalue weighted by Crippen LogP contribution is -2.29. The second-order valence-corrected chi connectivity index (χ2v) is 8.88. The van der Waals surface area contributed by atoms with Gasteiger partial charge >= 0.3 is 0 Å². The monoisotopic (exact) mass is 521 g/mol. The molecule has 174 valence electrons. The molecule has 0 radical (unpaired) electrons. The number of hydrogen-bond acceptors (Lipinski definition) is 5. The van der Waals surface area contributed by atoms with E-state index < -0.39 is 17.7 Å². The molecule has 34 heavy (non-hydrogen) atoms. The predicted octanol–water partition coefficient (Wildman–Crippen LogP) is 5.71. The topological polar surface area (TPSA) is 76.1 Å². The van der Waals surface area contributed by atoms with Gasteiger partial charge in [-0.15, -0.1) is 0 Å². The lowest BCUT2D eigenvalue weighted by Gasteiger charge is -2.27. The van der Waals surface area contributed by atoms with Crippen LogP contribution in [0.2, 0.25) is 0 Å². The van der Waals surface area contributed by atoms with E-state index in [1.54, 1.807) is 36.4 Å². The average molecular weight is 522 g/mol. The highest BCUT2D eigenvalue weighted by atomic mass is 79.9. The number of carbonyl (C=O) groups is 2. The van der Waals surface area contributed by atoms with E-state index in [4.69, 9.17) is 9.47 Å². The first-order valence-corrected chi connectivity index (χ1v) is 11.4. The number of aryl methyl sites for hydroxylation is 2. The van der Waals surface area contributed by atoms with Gasteiger partial charge in [0.2, 0.25) is 0 Å². The van der Waals surface area contributed by atoms with Crippen LogP contribution >= 0.6 is 15.9 Å². The summed E-state index contributed by atoms with van der Waals surface area (Å²) in [5.41, 5.74) is 3.58. The van der Waals surface area contributed by atoms with Crippen LogP contribution < -0.4 is 14.4 Å². The molecule has 1 aliphatic rings. The van der Waals surface area contributed by atoms with E-state index in [9.17, 15) is 14.7 Å². The van der Waals surface area contributed by atoms with Crippen LogP contribution in [0.1, 0.15) is 28.3 Å². The zero-order valence-electron chi connectivity index (χ0n) is 19.3. The number of methoxy groups -OCH3 is 2. The van der Waals surface area contributed by atoms with Gasteiger partial charge in [0.15, 0.2) is 0 Å². The fourth-order valence-electron chi connectivity index (χ4n) is 4.13. The molecule has 7 heteroatoms. The molecule has 1 heterocycles. The Kier molecular flexibility index (Phi) is 6.48. The fraction of sp³-hybridized carbons (Fsp3) is 0.185. The number of aliphatic hydroxyl groups excluding tert-OH is 1. The molecule has 4 rings (SSSR count). The molecule has 0 aliphatic carbocycles. The largest absolute Gasteiger partial charge is 0.507 e. The van der Waals surface area contributed by atoms with E-state index in [0.717, 1.165) is 11.1 Å². The highest BCUT2D eigenvalue weighted by Crippen LogP contribution is 2.45. The molecule has 1 atom stereocenters. The fourth-order valence-corrected chi connectivity index (χ4v) is 4.67. The summed E-state index contributed by atoms with van der Waals surface area (Å²) >= 11 is 3.42. The second-order valence-electron chi connectivity index (χ2n) is 8.03. The maximum absolute atomic E-state index is 13.4. The van der Waals surface area contributed by atoms with Crippen molar-refractivity contribution in [2.75, 3.05) is 19.1 Å². The smallest absolute Gasteiger partial charge is 0.300 e. The van der Waals surface area contributed by atoms with E-state index in [2.05, 4.69) is 15.9 Å². The molecular weight excluding hydrogens is 498 g/mol. The number of hydrogen-bond donors (Lipinski definition) is 1. The third kappa shape index (κ3) is 3.96. The average Bonchev–Trinajstić information content (AvgIpc) is 3.10. The predicted molar refractivity (Wildman–Crippen MR) is 134 cm³/mol. The summed E-state index contributed by atoms with van der Waals surface area (Å²) in [6.07, 6.45) is 0. The maximum Gasteiger partial charge on any atom is 0.300 e. The first kappa shape index (κ1) is 23.6. The molecule has 3 aromatic carbocycles. The van der Waals surface area contributed by atoms with E-state index >= 15 is 0 Å². The van der Waals surface area contributed by atoms with Gasteiger partial charge in [-0.2, -0.15) is 0 Å². The van der Waals surface area contributed by atoms with Gasteiger partial charge in [0.25, 0.3) is 11.7 Å². The van der Waals surface area contributed by atoms with Crippen molar-refractivity contribution < 1.29 is 24.2 Å². The highest BCUT2D eigenvalue weighted by Gasteiger charge is 2.48. The van der Waals surface area contributed by atoms with Crippen molar-refractivity contribution in [3.63, 3.8) is 0 Å². The molecule has 0 aromatic heterocycles. The number of halogens is 1. The summed E-state index contributed by atoms with van der Waals surface area (Å²) < 4.78 is 11.4. The SMILES string of the molecule is COc1ccc(/C(O)=C2\C(=O)C(=O)N(c3ccc(C)c(C)c3)C2c2ccccc2OC)cc1Br. The molecule has 0 saturated carbocycles. The van der Waals surface area contributed by atoms with Crippen molar-refractivity contribution in [1.82, 2.24) is 0 Å². The molecule has 1 aliphatic heterocycles. The minimum atomic E-state index is -0.876. The second kappa shape index (κ2) is 9.35. The van der Waals surface area contributed by atoms with Crippen LogP contribution in [0.4, 0.5) is 5.69 Å². The Morgan fingerprint density at radius 3 is 2.26 bits per heavy atom. The molecule has 3 aromatic rings. The van der Waals surface area contributed by atoms with Crippen LogP contribution in [0.3, 0.4) is 0 Å². The molecule has 1 fully saturated rings. The normalized spacial score (nSPS) is 17.2. The molecule has 1 amide bonds. The van der Waals surface area contributed by atoms with Crippen LogP contribution in [-0.2, 0) is 9.59 Å². The molecule has 1 saturated heterocycles. The number of nitrogens with zero attached hydrogens (tertiary/aromatic N) is 1. The minimum Gasteiger partial charge on any atom is -0.507 e. The quantitative estimate of drug-likeness (QED) is 0.264. The van der Waals surface area contributed by atoms with E-state index in [1.807, 2.05) is 38.1 Å². The lowest BCUT2D eigenvalue weighted by molar-refractivity contribution is -0.132. The number of rotatable bonds is 5. The first-order valence-electron chi connectivity index (χ1n) is 10.6. The Bertz CT molecular complexity index is 1330. The number of amides is 1. The third-order valence-electron chi connectivity index (χ3n) is 6.07. The van der Waals surface area contributed by atoms with Gasteiger partial charge in [0, 0.05) is 16.8 Å². The van der Waals surface area contributed by atoms with Gasteiger partial charge in [0.1, 0.15) is 17.3 Å². The van der Waals surface area contributed by atoms with Crippen molar-refractivity contribution in [1.29, 1.82) is 0 Å². The molecule has 6 nitrogen and oxygen atoms in total. The Morgan fingerprint density at radius 2 is 1.62 bits per heavy atom. The van der Waals surface area contributed by atoms with Gasteiger partial charge in [-0.3, -0.25) is 14.5 Å². The molecule has 0 bridgehead atoms. The van der Waals surface area contributed by atoms with Gasteiger partial charge in [-0.25, -0.2) is 0 Å². The summed E-state index contributed by atoms with van der Waals surface area (Å²) in [5, 5.41) is 11.3. The number of para-hydroxylation sites is 1. The Labute approximate surface area is 206 Å². The molecule has 1 unspecified atom stereocenters. The highest BCUT2D eigenvalue weighted by molar-refractivity contribution is 9.10. The number of carbonyl (C=O) groups excluding carboxylic acids is 2. The number of ether oxygens (including phenoxy) is 2. The number of anilines is 1. The van der Waals surface area contributed by atoms with Crippen LogP contribution in [0.15, 0.2) is 70.7 Å². The van der Waals surface area contributed by atoms with Crippen LogP contribution in [0.5, 0.6) is 11.5 Å². The zero-order valence-corrected chi connectivity index (χ0v) is 20.8. The van der Waals surface area contributed by atoms with Gasteiger partial charge in [0.05, 0.1) is 30.3 Å². The van der Waals surface area contributed by atoms with Crippen molar-refractivity contribution >= 4 is 39.1 Å². The Hall–Kier alpha value is -3.58. The van der Waals surface area contributed by atoms with E-state index in [0.29, 0.717) is 32.8 Å². The molecule has 0 spiro atoms. The van der Waals surface area contributed by atoms with Crippen molar-refractivity contribution in [3.8, 4) is 11.5 Å². The Balaban J connectivity index is 1.98. The standard InChI is InChI=1S/C27H24BrNO5/c1-15-9-11-18(13-16(15)2)29-24(19-7-5-6-8-21(19)33-3)23(26(31)27(29)32)25(30)17-10-12-22(34-4)20(28)14-17/h5-14,24,30H,1-4H3/b25-23+. The van der Waals surface area contributed by atoms with Gasteiger partial charge in [-0.05, 0) is 77.3 Å². The van der Waals surface area contributed by atoms with E-state index in [1.165, 1.54) is 19.1 Å². The van der Waals surface area contributed by atoms with Gasteiger partial charge < -0.3 is 14.6 Å². The molecule has 1 N–H and O–H groups in total. The first-order chi connectivity index (χ1) is 16.3. The van der Waals surface area contributed by atoms with Crippen molar-refractivity contribution in [2.45, 2.75) is 19.9 Å². The summed E-state index contributed by atoms with van der Waals surface area (Å²) in [6, 6.07) is 16.8. The maximum atomic E-state index is 13.4. The van der Waals surface area contributed by atoms with E-state index in [-0.39, 0.29) is 11.3 Å². The van der Waals surface area contributed by atoms with Crippen molar-refractivity contribution in [2.24, 2.45) is 0 Å². The lowest BCUT2D eigenvalue weighted by atomic mass is 9.94. The number of Topliss-reactive ketones (excluding diaryl/α,β-unsaturated/α-hetero) is 1. The summed E-state index contributed by atoms with van der Waals surface area (Å²) in [4.78, 5) is 28.1. The zero-order chi connectivity index (χ0) is 24.6. The summed E-state index contributed by atoms with van der Waals surface area (Å²) in [7, 11) is 3.07. The summed E-state index contributed by atoms with van der Waals surface area (Å²) in [5.74, 6) is -0.672. The van der Waals surface area contributed by atoms with Crippen LogP contribution in [0, 0.1) is 13.8 Å². The Morgan fingerprint density at radius 1 is 0.912 bits per heavy atom. The van der Waals surface area contributed by atoms with Crippen LogP contribution in [-0.4, -0.2) is 31.0 Å². The summed E-state index contributed by atoms with van der Waals surface area (Å²) in [6.45, 7) is 3.93. The van der Waals surface area contributed by atoms with Crippen molar-refractivity contribution in [3.05, 3.63) is 93.0 Å². The van der Waals surface area contributed by atoms with Crippen LogP contribution in [0.25, 0.3) is 5.76 Å². The number of aliphatic hydroxyl groups is 1. The minimum absolute atomic E-state index is 0.00945. The third-order valence-corrected chi connectivity index (χ3v) is 6.69. The van der Waals surface area contributed by atoms with Gasteiger partial charge in [-0.1, -0.05) is 24.3 Å². The number of benzene rings is 3. The number of ketones is 1.